The predicted octanol–water partition coefficient (Wildman–Crippen LogP) is 5.78. The van der Waals surface area contributed by atoms with Crippen molar-refractivity contribution in [1.29, 1.82) is 0 Å². The number of rotatable bonds is 8. The summed E-state index contributed by atoms with van der Waals surface area (Å²) in [5.41, 5.74) is 1.63. The second-order valence-corrected chi connectivity index (χ2v) is 9.68. The molecule has 0 aliphatic heterocycles. The molecule has 11 heteroatoms. The van der Waals surface area contributed by atoms with E-state index >= 15 is 0 Å². The largest absolute Gasteiger partial charge is 0.497 e. The third-order valence-electron chi connectivity index (χ3n) is 4.04. The zero-order chi connectivity index (χ0) is 21.9. The highest BCUT2D eigenvalue weighted by Crippen LogP contribution is 2.50. The van der Waals surface area contributed by atoms with Gasteiger partial charge in [0.2, 0.25) is 0 Å². The number of fused-ring (bicyclic) bond motifs is 1. The summed E-state index contributed by atoms with van der Waals surface area (Å²) in [5.74, 6) is 1.52. The van der Waals surface area contributed by atoms with E-state index in [9.17, 15) is 18.1 Å². The van der Waals surface area contributed by atoms with Crippen LogP contribution in [0.5, 0.6) is 11.5 Å². The summed E-state index contributed by atoms with van der Waals surface area (Å²) >= 11 is 4.69. The van der Waals surface area contributed by atoms with Gasteiger partial charge in [0.15, 0.2) is 0 Å². The maximum Gasteiger partial charge on any atom is 0.442 e. The first kappa shape index (κ1) is 22.8. The van der Waals surface area contributed by atoms with Crippen LogP contribution in [0, 0.1) is 0 Å². The van der Waals surface area contributed by atoms with Gasteiger partial charge in [-0.1, -0.05) is 6.07 Å². The number of alkyl halides is 2. The fourth-order valence-corrected chi connectivity index (χ4v) is 4.75. The van der Waals surface area contributed by atoms with Crippen molar-refractivity contribution in [3.8, 4) is 11.5 Å². The highest BCUT2D eigenvalue weighted by molar-refractivity contribution is 9.10. The number of thioether (sulfide) groups is 1. The van der Waals surface area contributed by atoms with Crippen molar-refractivity contribution in [2.24, 2.45) is 0 Å². The van der Waals surface area contributed by atoms with Crippen LogP contribution in [0.15, 0.2) is 56.1 Å². The van der Waals surface area contributed by atoms with Crippen LogP contribution >= 0.6 is 35.3 Å². The molecule has 2 aromatic carbocycles. The molecule has 0 aliphatic rings. The molecule has 0 amide bonds. The number of benzene rings is 2. The van der Waals surface area contributed by atoms with Crippen molar-refractivity contribution < 1.29 is 31.9 Å². The monoisotopic (exact) mass is 520 g/mol. The molecule has 3 aromatic rings. The molecule has 0 spiro atoms. The summed E-state index contributed by atoms with van der Waals surface area (Å²) in [4.78, 5) is 21.0. The minimum absolute atomic E-state index is 0.143. The van der Waals surface area contributed by atoms with Gasteiger partial charge in [-0.05, 0) is 51.3 Å². The van der Waals surface area contributed by atoms with E-state index in [4.69, 9.17) is 14.0 Å². The van der Waals surface area contributed by atoms with E-state index in [1.807, 2.05) is 6.07 Å². The van der Waals surface area contributed by atoms with E-state index in [0.29, 0.717) is 22.8 Å². The van der Waals surface area contributed by atoms with Crippen molar-refractivity contribution in [3.63, 3.8) is 0 Å². The maximum absolute atomic E-state index is 12.5. The smallest absolute Gasteiger partial charge is 0.442 e. The summed E-state index contributed by atoms with van der Waals surface area (Å²) < 4.78 is 51.6. The van der Waals surface area contributed by atoms with Crippen molar-refractivity contribution >= 4 is 46.3 Å². The third kappa shape index (κ3) is 5.43. The molecular formula is C19H16BrF2O6PS. The first-order valence-corrected chi connectivity index (χ1v) is 12.1. The molecule has 1 unspecified atom stereocenters. The Kier molecular flexibility index (Phi) is 7.23. The fourth-order valence-electron chi connectivity index (χ4n) is 2.62. The van der Waals surface area contributed by atoms with Crippen LogP contribution in [-0.4, -0.2) is 18.2 Å². The van der Waals surface area contributed by atoms with Crippen molar-refractivity contribution in [1.82, 2.24) is 0 Å². The molecule has 0 radical (unpaired) electrons. The van der Waals surface area contributed by atoms with E-state index < -0.39 is 19.4 Å². The van der Waals surface area contributed by atoms with Crippen molar-refractivity contribution in [2.45, 2.75) is 17.7 Å². The Morgan fingerprint density at radius 3 is 2.63 bits per heavy atom. The van der Waals surface area contributed by atoms with Gasteiger partial charge in [0.25, 0.3) is 0 Å². The highest BCUT2D eigenvalue weighted by Gasteiger charge is 2.34. The van der Waals surface area contributed by atoms with Gasteiger partial charge in [-0.2, -0.15) is 20.5 Å². The standard InChI is InChI=1S/C19H16BrF2O6PS/c1-26-13-3-4-14-12(7-18(23)27-17(14)8-13)10-30-9-11-2-5-16(15(20)6-11)28-29(24,25)19(21)22/h2-8,19H,9-10H2,1H3,(H,24,25). The molecule has 0 bridgehead atoms. The number of methoxy groups -OCH3 is 1. The molecule has 30 heavy (non-hydrogen) atoms. The summed E-state index contributed by atoms with van der Waals surface area (Å²) in [6.45, 7) is 0. The number of hydrogen-bond donors (Lipinski definition) is 1. The Morgan fingerprint density at radius 1 is 1.20 bits per heavy atom. The topological polar surface area (TPSA) is 86.0 Å². The lowest BCUT2D eigenvalue weighted by Crippen LogP contribution is -2.01. The van der Waals surface area contributed by atoms with Gasteiger partial charge in [0.05, 0.1) is 11.6 Å². The van der Waals surface area contributed by atoms with Gasteiger partial charge in [0.1, 0.15) is 17.1 Å². The molecule has 0 fully saturated rings. The van der Waals surface area contributed by atoms with Gasteiger partial charge < -0.3 is 18.6 Å². The summed E-state index contributed by atoms with van der Waals surface area (Å²) in [6, 6.07) is 11.3. The average Bonchev–Trinajstić information content (AvgIpc) is 2.69. The minimum atomic E-state index is -5.04. The minimum Gasteiger partial charge on any atom is -0.497 e. The van der Waals surface area contributed by atoms with Crippen LogP contribution in [0.3, 0.4) is 0 Å². The Balaban J connectivity index is 1.70. The van der Waals surface area contributed by atoms with Gasteiger partial charge in [-0.3, -0.25) is 0 Å². The molecule has 1 atom stereocenters. The van der Waals surface area contributed by atoms with E-state index in [1.165, 1.54) is 31.0 Å². The van der Waals surface area contributed by atoms with Crippen LogP contribution in [0.2, 0.25) is 0 Å². The van der Waals surface area contributed by atoms with Gasteiger partial charge >= 0.3 is 19.4 Å². The van der Waals surface area contributed by atoms with Gasteiger partial charge in [-0.15, -0.1) is 0 Å². The molecule has 0 saturated heterocycles. The maximum atomic E-state index is 12.5. The van der Waals surface area contributed by atoms with Crippen LogP contribution in [0.25, 0.3) is 11.0 Å². The summed E-state index contributed by atoms with van der Waals surface area (Å²) in [5, 5.41) is 0.804. The zero-order valence-corrected chi connectivity index (χ0v) is 18.8. The van der Waals surface area contributed by atoms with E-state index in [-0.39, 0.29) is 10.2 Å². The number of halogens is 3. The second kappa shape index (κ2) is 9.51. The molecule has 6 nitrogen and oxygen atoms in total. The quantitative estimate of drug-likeness (QED) is 0.297. The van der Waals surface area contributed by atoms with Crippen molar-refractivity contribution in [2.75, 3.05) is 7.11 Å². The molecule has 1 N–H and O–H groups in total. The van der Waals surface area contributed by atoms with E-state index in [2.05, 4.69) is 20.5 Å². The summed E-state index contributed by atoms with van der Waals surface area (Å²) in [7, 11) is -3.51. The second-order valence-electron chi connectivity index (χ2n) is 6.14. The Bertz CT molecular complexity index is 1170. The molecule has 3 rings (SSSR count). The lowest BCUT2D eigenvalue weighted by molar-refractivity contribution is 0.188. The zero-order valence-electron chi connectivity index (χ0n) is 15.5. The first-order valence-electron chi connectivity index (χ1n) is 8.47. The molecule has 0 aliphatic carbocycles. The molecular weight excluding hydrogens is 505 g/mol. The Hall–Kier alpha value is -1.87. The van der Waals surface area contributed by atoms with Crippen molar-refractivity contribution in [3.05, 3.63) is 68.5 Å². The SMILES string of the molecule is COc1ccc2c(CSCc3ccc(OP(=O)(O)C(F)F)c(Br)c3)cc(=O)oc2c1. The van der Waals surface area contributed by atoms with E-state index in [0.717, 1.165) is 16.5 Å². The van der Waals surface area contributed by atoms with Crippen LogP contribution in [0.4, 0.5) is 8.78 Å². The van der Waals surface area contributed by atoms with Crippen LogP contribution in [0.1, 0.15) is 11.1 Å². The fraction of sp³-hybridized carbons (Fsp3) is 0.211. The molecule has 1 heterocycles. The lowest BCUT2D eigenvalue weighted by atomic mass is 10.1. The highest BCUT2D eigenvalue weighted by atomic mass is 79.9. The van der Waals surface area contributed by atoms with Crippen LogP contribution < -0.4 is 14.9 Å². The normalized spacial score (nSPS) is 13.4. The predicted molar refractivity (Wildman–Crippen MR) is 115 cm³/mol. The van der Waals surface area contributed by atoms with Gasteiger partial charge in [-0.25, -0.2) is 9.36 Å². The lowest BCUT2D eigenvalue weighted by Gasteiger charge is -2.14. The summed E-state index contributed by atoms with van der Waals surface area (Å²) in [6.07, 6.45) is -3.49. The molecule has 0 saturated carbocycles. The first-order chi connectivity index (χ1) is 14.2. The van der Waals surface area contributed by atoms with Gasteiger partial charge in [0, 0.05) is 29.0 Å². The molecule has 160 valence electrons. The van der Waals surface area contributed by atoms with Crippen LogP contribution in [-0.2, 0) is 16.1 Å². The molecule has 1 aromatic heterocycles. The Morgan fingerprint density at radius 2 is 1.97 bits per heavy atom. The number of ether oxygens (including phenoxy) is 1. The Labute approximate surface area is 182 Å². The average molecular weight is 521 g/mol. The third-order valence-corrected chi connectivity index (χ3v) is 6.66. The number of hydrogen-bond acceptors (Lipinski definition) is 6. The van der Waals surface area contributed by atoms with E-state index in [1.54, 1.807) is 24.3 Å².